The standard InChI is InChI=1S/C25H46O6/c1-20(2)14-9-7-5-6-8-12-18-28-24(26)30-22-16-10-11-17-23(22)31-25(27)29-19-13-15-21(3)4/h20-23H,5-19H2,1-4H3. The van der Waals surface area contributed by atoms with Gasteiger partial charge in [0, 0.05) is 0 Å². The smallest absolute Gasteiger partial charge is 0.434 e. The average Bonchev–Trinajstić information content (AvgIpc) is 2.71. The van der Waals surface area contributed by atoms with Crippen molar-refractivity contribution in [1.29, 1.82) is 0 Å². The van der Waals surface area contributed by atoms with Crippen molar-refractivity contribution in [2.24, 2.45) is 11.8 Å². The third-order valence-corrected chi connectivity index (χ3v) is 5.68. The van der Waals surface area contributed by atoms with Crippen LogP contribution in [0.4, 0.5) is 9.59 Å². The molecule has 1 rings (SSSR count). The van der Waals surface area contributed by atoms with Gasteiger partial charge < -0.3 is 18.9 Å². The van der Waals surface area contributed by atoms with Gasteiger partial charge in [-0.15, -0.1) is 0 Å². The summed E-state index contributed by atoms with van der Waals surface area (Å²) in [7, 11) is 0. The Labute approximate surface area is 189 Å². The molecule has 2 unspecified atom stereocenters. The van der Waals surface area contributed by atoms with Crippen molar-refractivity contribution in [3.05, 3.63) is 0 Å². The fraction of sp³-hybridized carbons (Fsp3) is 0.920. The van der Waals surface area contributed by atoms with Crippen LogP contribution in [0.1, 0.15) is 111 Å². The zero-order valence-corrected chi connectivity index (χ0v) is 20.4. The van der Waals surface area contributed by atoms with Crippen LogP contribution in [-0.4, -0.2) is 37.7 Å². The second-order valence-corrected chi connectivity index (χ2v) is 9.63. The first-order valence-electron chi connectivity index (χ1n) is 12.5. The van der Waals surface area contributed by atoms with Crippen LogP contribution in [0.25, 0.3) is 0 Å². The number of carbonyl (C=O) groups excluding carboxylic acids is 2. The summed E-state index contributed by atoms with van der Waals surface area (Å²) in [6.07, 6.45) is 11.0. The molecule has 0 radical (unpaired) electrons. The minimum atomic E-state index is -0.675. The van der Waals surface area contributed by atoms with Crippen LogP contribution in [0.3, 0.4) is 0 Å². The molecule has 0 aromatic heterocycles. The molecular formula is C25H46O6. The van der Waals surface area contributed by atoms with Gasteiger partial charge in [-0.3, -0.25) is 0 Å². The summed E-state index contributed by atoms with van der Waals surface area (Å²) >= 11 is 0. The van der Waals surface area contributed by atoms with E-state index in [-0.39, 0.29) is 0 Å². The molecule has 0 saturated heterocycles. The molecule has 31 heavy (non-hydrogen) atoms. The van der Waals surface area contributed by atoms with Gasteiger partial charge in [0.15, 0.2) is 0 Å². The summed E-state index contributed by atoms with van der Waals surface area (Å²) < 4.78 is 21.3. The second kappa shape index (κ2) is 17.1. The Hall–Kier alpha value is -1.46. The van der Waals surface area contributed by atoms with Crippen molar-refractivity contribution in [2.75, 3.05) is 13.2 Å². The average molecular weight is 443 g/mol. The number of hydrogen-bond donors (Lipinski definition) is 0. The quantitative estimate of drug-likeness (QED) is 0.194. The van der Waals surface area contributed by atoms with Gasteiger partial charge >= 0.3 is 12.3 Å². The van der Waals surface area contributed by atoms with E-state index in [1.54, 1.807) is 0 Å². The zero-order valence-electron chi connectivity index (χ0n) is 20.4. The van der Waals surface area contributed by atoms with E-state index in [4.69, 9.17) is 18.9 Å². The van der Waals surface area contributed by atoms with Crippen LogP contribution in [-0.2, 0) is 18.9 Å². The molecule has 182 valence electrons. The Morgan fingerprint density at radius 2 is 1.06 bits per heavy atom. The first-order chi connectivity index (χ1) is 14.9. The number of rotatable bonds is 15. The summed E-state index contributed by atoms with van der Waals surface area (Å²) in [4.78, 5) is 24.0. The maximum Gasteiger partial charge on any atom is 0.508 e. The molecule has 1 aliphatic rings. The maximum absolute atomic E-state index is 12.0. The molecule has 0 aromatic rings. The van der Waals surface area contributed by atoms with E-state index in [1.807, 2.05) is 0 Å². The number of carbonyl (C=O) groups is 2. The molecule has 1 fully saturated rings. The lowest BCUT2D eigenvalue weighted by Crippen LogP contribution is -2.38. The number of unbranched alkanes of at least 4 members (excludes halogenated alkanes) is 5. The summed E-state index contributed by atoms with van der Waals surface area (Å²) in [5, 5.41) is 0. The Morgan fingerprint density at radius 1 is 0.645 bits per heavy atom. The van der Waals surface area contributed by atoms with Gasteiger partial charge in [0.2, 0.25) is 0 Å². The van der Waals surface area contributed by atoms with Gasteiger partial charge in [-0.1, -0.05) is 66.2 Å². The third kappa shape index (κ3) is 15.1. The summed E-state index contributed by atoms with van der Waals surface area (Å²) in [5.41, 5.74) is 0. The molecule has 1 aliphatic carbocycles. The molecule has 6 heteroatoms. The van der Waals surface area contributed by atoms with Gasteiger partial charge in [-0.25, -0.2) is 9.59 Å². The minimum absolute atomic E-state index is 0.356. The van der Waals surface area contributed by atoms with E-state index in [0.717, 1.165) is 44.4 Å². The van der Waals surface area contributed by atoms with Crippen molar-refractivity contribution in [3.8, 4) is 0 Å². The van der Waals surface area contributed by atoms with Crippen LogP contribution in [0.15, 0.2) is 0 Å². The van der Waals surface area contributed by atoms with Crippen LogP contribution < -0.4 is 0 Å². The summed E-state index contributed by atoms with van der Waals surface area (Å²) in [6.45, 7) is 9.53. The lowest BCUT2D eigenvalue weighted by molar-refractivity contribution is -0.0713. The largest absolute Gasteiger partial charge is 0.508 e. The van der Waals surface area contributed by atoms with Crippen molar-refractivity contribution in [3.63, 3.8) is 0 Å². The Kier molecular flexibility index (Phi) is 15.2. The van der Waals surface area contributed by atoms with Gasteiger partial charge in [0.25, 0.3) is 0 Å². The molecular weight excluding hydrogens is 396 g/mol. The third-order valence-electron chi connectivity index (χ3n) is 5.68. The number of ether oxygens (including phenoxy) is 4. The molecule has 0 heterocycles. The predicted octanol–water partition coefficient (Wildman–Crippen LogP) is 7.43. The Balaban J connectivity index is 2.15. The van der Waals surface area contributed by atoms with E-state index >= 15 is 0 Å². The SMILES string of the molecule is CC(C)CCCCCCCCOC(=O)OC1CCCCC1OC(=O)OCCCC(C)C. The first kappa shape index (κ1) is 27.6. The van der Waals surface area contributed by atoms with Crippen LogP contribution >= 0.6 is 0 Å². The predicted molar refractivity (Wildman–Crippen MR) is 122 cm³/mol. The van der Waals surface area contributed by atoms with Crippen LogP contribution in [0, 0.1) is 11.8 Å². The molecule has 1 saturated carbocycles. The van der Waals surface area contributed by atoms with Gasteiger partial charge in [0.05, 0.1) is 13.2 Å². The monoisotopic (exact) mass is 442 g/mol. The van der Waals surface area contributed by atoms with E-state index in [2.05, 4.69) is 27.7 Å². The molecule has 0 amide bonds. The normalized spacial score (nSPS) is 18.8. The molecule has 0 N–H and O–H groups in total. The molecule has 0 bridgehead atoms. The van der Waals surface area contributed by atoms with Crippen molar-refractivity contribution < 1.29 is 28.5 Å². The van der Waals surface area contributed by atoms with E-state index in [0.29, 0.717) is 32.0 Å². The summed E-state index contributed by atoms with van der Waals surface area (Å²) in [5.74, 6) is 1.37. The molecule has 6 nitrogen and oxygen atoms in total. The Bertz CT molecular complexity index is 477. The van der Waals surface area contributed by atoms with Gasteiger partial charge in [-0.05, 0) is 56.8 Å². The van der Waals surface area contributed by atoms with Crippen molar-refractivity contribution in [2.45, 2.75) is 123 Å². The molecule has 0 aliphatic heterocycles. The first-order valence-corrected chi connectivity index (χ1v) is 12.5. The molecule has 0 aromatic carbocycles. The minimum Gasteiger partial charge on any atom is -0.434 e. The second-order valence-electron chi connectivity index (χ2n) is 9.63. The lowest BCUT2D eigenvalue weighted by Gasteiger charge is -2.29. The fourth-order valence-electron chi connectivity index (χ4n) is 3.81. The van der Waals surface area contributed by atoms with Gasteiger partial charge in [0.1, 0.15) is 12.2 Å². The highest BCUT2D eigenvalue weighted by Gasteiger charge is 2.32. The van der Waals surface area contributed by atoms with Crippen LogP contribution in [0.5, 0.6) is 0 Å². The molecule has 0 spiro atoms. The Morgan fingerprint density at radius 3 is 1.58 bits per heavy atom. The highest BCUT2D eigenvalue weighted by molar-refractivity contribution is 5.61. The van der Waals surface area contributed by atoms with Crippen molar-refractivity contribution in [1.82, 2.24) is 0 Å². The molecule has 2 atom stereocenters. The van der Waals surface area contributed by atoms with E-state index < -0.39 is 24.5 Å². The van der Waals surface area contributed by atoms with Crippen molar-refractivity contribution >= 4 is 12.3 Å². The highest BCUT2D eigenvalue weighted by atomic mass is 16.8. The van der Waals surface area contributed by atoms with E-state index in [9.17, 15) is 9.59 Å². The zero-order chi connectivity index (χ0) is 22.9. The lowest BCUT2D eigenvalue weighted by atomic mass is 9.95. The highest BCUT2D eigenvalue weighted by Crippen LogP contribution is 2.25. The van der Waals surface area contributed by atoms with Gasteiger partial charge in [-0.2, -0.15) is 0 Å². The summed E-state index contributed by atoms with van der Waals surface area (Å²) in [6, 6.07) is 0. The fourth-order valence-corrected chi connectivity index (χ4v) is 3.81. The topological polar surface area (TPSA) is 71.1 Å². The number of hydrogen-bond acceptors (Lipinski definition) is 6. The van der Waals surface area contributed by atoms with E-state index in [1.165, 1.54) is 32.1 Å². The maximum atomic E-state index is 12.0. The van der Waals surface area contributed by atoms with Crippen LogP contribution in [0.2, 0.25) is 0 Å².